The summed E-state index contributed by atoms with van der Waals surface area (Å²) in [6.07, 6.45) is 6.67. The molecule has 1 amide bonds. The summed E-state index contributed by atoms with van der Waals surface area (Å²) >= 11 is 0. The number of nitrogens with zero attached hydrogens (tertiary/aromatic N) is 5. The van der Waals surface area contributed by atoms with Gasteiger partial charge in [0.1, 0.15) is 23.5 Å². The molecule has 0 atom stereocenters. The Hall–Kier alpha value is -2.64. The highest BCUT2D eigenvalue weighted by Crippen LogP contribution is 2.20. The maximum atomic E-state index is 12.4. The number of ether oxygens (including phenoxy) is 1. The smallest absolute Gasteiger partial charge is 0.263 e. The molecule has 122 valence electrons. The van der Waals surface area contributed by atoms with Crippen molar-refractivity contribution in [2.45, 2.75) is 19.3 Å². The predicted octanol–water partition coefficient (Wildman–Crippen LogP) is 1.46. The van der Waals surface area contributed by atoms with Crippen molar-refractivity contribution in [3.8, 4) is 5.88 Å². The predicted molar refractivity (Wildman–Crippen MR) is 85.8 cm³/mol. The van der Waals surface area contributed by atoms with Crippen LogP contribution in [0.1, 0.15) is 29.6 Å². The molecule has 0 aromatic carbocycles. The second-order valence-corrected chi connectivity index (χ2v) is 5.49. The van der Waals surface area contributed by atoms with Crippen LogP contribution in [0.3, 0.4) is 0 Å². The zero-order valence-corrected chi connectivity index (χ0v) is 13.3. The van der Waals surface area contributed by atoms with Gasteiger partial charge in [0.25, 0.3) is 5.91 Å². The molecule has 1 saturated heterocycles. The van der Waals surface area contributed by atoms with Crippen molar-refractivity contribution in [2.75, 3.05) is 30.4 Å². The highest BCUT2D eigenvalue weighted by Gasteiger charge is 2.18. The van der Waals surface area contributed by atoms with E-state index < -0.39 is 0 Å². The van der Waals surface area contributed by atoms with Crippen molar-refractivity contribution in [3.05, 3.63) is 24.2 Å². The van der Waals surface area contributed by atoms with Crippen LogP contribution >= 0.6 is 0 Å². The minimum Gasteiger partial charge on any atom is -0.479 e. The highest BCUT2D eigenvalue weighted by molar-refractivity contribution is 6.05. The molecule has 0 radical (unpaired) electrons. The average molecular weight is 316 g/mol. The standard InChI is InChI=1S/C15H20N6O2/c1-20-9-11(15(19-20)23-2)14(22)18-12-8-13(17-10-16-12)21-6-4-3-5-7-21/h8-10H,3-7H2,1-2H3,(H,16,17,18,22). The van der Waals surface area contributed by atoms with Gasteiger partial charge in [-0.3, -0.25) is 9.48 Å². The van der Waals surface area contributed by atoms with E-state index in [1.165, 1.54) is 37.4 Å². The Kier molecular flexibility index (Phi) is 4.40. The Morgan fingerprint density at radius 2 is 2.04 bits per heavy atom. The summed E-state index contributed by atoms with van der Waals surface area (Å²) in [4.78, 5) is 23.0. The molecule has 8 nitrogen and oxygen atoms in total. The van der Waals surface area contributed by atoms with Crippen molar-refractivity contribution < 1.29 is 9.53 Å². The third-order valence-corrected chi connectivity index (χ3v) is 3.81. The fourth-order valence-electron chi connectivity index (χ4n) is 2.67. The molecular weight excluding hydrogens is 296 g/mol. The lowest BCUT2D eigenvalue weighted by Crippen LogP contribution is -2.30. The number of anilines is 2. The van der Waals surface area contributed by atoms with Gasteiger partial charge in [-0.15, -0.1) is 5.10 Å². The highest BCUT2D eigenvalue weighted by atomic mass is 16.5. The molecule has 1 aliphatic heterocycles. The summed E-state index contributed by atoms with van der Waals surface area (Å²) in [7, 11) is 3.22. The number of aromatic nitrogens is 4. The zero-order chi connectivity index (χ0) is 16.2. The second kappa shape index (κ2) is 6.64. The molecule has 1 aliphatic rings. The van der Waals surface area contributed by atoms with E-state index in [-0.39, 0.29) is 11.8 Å². The first-order valence-electron chi connectivity index (χ1n) is 7.63. The molecule has 2 aromatic rings. The fourth-order valence-corrected chi connectivity index (χ4v) is 2.67. The summed E-state index contributed by atoms with van der Waals surface area (Å²) in [6.45, 7) is 1.97. The Morgan fingerprint density at radius 3 is 2.78 bits per heavy atom. The summed E-state index contributed by atoms with van der Waals surface area (Å²) in [5.74, 6) is 1.29. The molecule has 0 bridgehead atoms. The Bertz CT molecular complexity index is 693. The van der Waals surface area contributed by atoms with Gasteiger partial charge in [0.15, 0.2) is 0 Å². The molecule has 0 saturated carbocycles. The van der Waals surface area contributed by atoms with Crippen LogP contribution in [-0.2, 0) is 7.05 Å². The lowest BCUT2D eigenvalue weighted by molar-refractivity contribution is 0.102. The Morgan fingerprint density at radius 1 is 1.26 bits per heavy atom. The molecule has 0 spiro atoms. The third-order valence-electron chi connectivity index (χ3n) is 3.81. The fraction of sp³-hybridized carbons (Fsp3) is 0.467. The van der Waals surface area contributed by atoms with Gasteiger partial charge in [-0.05, 0) is 19.3 Å². The van der Waals surface area contributed by atoms with E-state index >= 15 is 0 Å². The second-order valence-electron chi connectivity index (χ2n) is 5.49. The first-order chi connectivity index (χ1) is 11.2. The largest absolute Gasteiger partial charge is 0.479 e. The topological polar surface area (TPSA) is 85.2 Å². The van der Waals surface area contributed by atoms with Crippen LogP contribution in [0.4, 0.5) is 11.6 Å². The number of aryl methyl sites for hydroxylation is 1. The van der Waals surface area contributed by atoms with Crippen molar-refractivity contribution in [1.82, 2.24) is 19.7 Å². The summed E-state index contributed by atoms with van der Waals surface area (Å²) in [5.41, 5.74) is 0.369. The molecule has 3 heterocycles. The van der Waals surface area contributed by atoms with Crippen molar-refractivity contribution in [2.24, 2.45) is 7.05 Å². The Balaban J connectivity index is 1.75. The van der Waals surface area contributed by atoms with E-state index in [4.69, 9.17) is 4.74 Å². The van der Waals surface area contributed by atoms with E-state index in [1.807, 2.05) is 0 Å². The van der Waals surface area contributed by atoms with Crippen LogP contribution in [0, 0.1) is 0 Å². The van der Waals surface area contributed by atoms with Crippen molar-refractivity contribution in [1.29, 1.82) is 0 Å². The molecule has 23 heavy (non-hydrogen) atoms. The third kappa shape index (κ3) is 3.41. The van der Waals surface area contributed by atoms with Crippen LogP contribution in [0.25, 0.3) is 0 Å². The van der Waals surface area contributed by atoms with Crippen LogP contribution in [0.5, 0.6) is 5.88 Å². The lowest BCUT2D eigenvalue weighted by atomic mass is 10.1. The first kappa shape index (κ1) is 15.3. The van der Waals surface area contributed by atoms with Crippen molar-refractivity contribution >= 4 is 17.5 Å². The first-order valence-corrected chi connectivity index (χ1v) is 7.63. The average Bonchev–Trinajstić information content (AvgIpc) is 2.97. The van der Waals surface area contributed by atoms with E-state index in [1.54, 1.807) is 19.3 Å². The van der Waals surface area contributed by atoms with E-state index in [9.17, 15) is 4.79 Å². The van der Waals surface area contributed by atoms with E-state index in [2.05, 4.69) is 25.3 Å². The number of methoxy groups -OCH3 is 1. The molecule has 2 aromatic heterocycles. The molecule has 0 unspecified atom stereocenters. The number of amides is 1. The molecule has 1 N–H and O–H groups in total. The minimum absolute atomic E-state index is 0.287. The molecular formula is C15H20N6O2. The van der Waals surface area contributed by atoms with E-state index in [0.29, 0.717) is 11.4 Å². The maximum absolute atomic E-state index is 12.4. The summed E-state index contributed by atoms with van der Waals surface area (Å²) < 4.78 is 6.64. The number of hydrogen-bond donors (Lipinski definition) is 1. The molecule has 1 fully saturated rings. The lowest BCUT2D eigenvalue weighted by Gasteiger charge is -2.27. The van der Waals surface area contributed by atoms with E-state index in [0.717, 1.165) is 18.9 Å². The van der Waals surface area contributed by atoms with Crippen molar-refractivity contribution in [3.63, 3.8) is 0 Å². The number of carbonyl (C=O) groups is 1. The van der Waals surface area contributed by atoms with Crippen LogP contribution in [0.2, 0.25) is 0 Å². The molecule has 8 heteroatoms. The quantitative estimate of drug-likeness (QED) is 0.919. The van der Waals surface area contributed by atoms with Crippen LogP contribution in [0.15, 0.2) is 18.6 Å². The SMILES string of the molecule is COc1nn(C)cc1C(=O)Nc1cc(N2CCCCC2)ncn1. The summed E-state index contributed by atoms with van der Waals surface area (Å²) in [5, 5.41) is 6.85. The zero-order valence-electron chi connectivity index (χ0n) is 13.3. The van der Waals surface area contributed by atoms with Gasteiger partial charge in [0, 0.05) is 32.4 Å². The van der Waals surface area contributed by atoms with Crippen LogP contribution < -0.4 is 15.0 Å². The minimum atomic E-state index is -0.307. The number of nitrogens with one attached hydrogen (secondary N) is 1. The number of piperidine rings is 1. The number of carbonyl (C=O) groups excluding carboxylic acids is 1. The molecule has 3 rings (SSSR count). The van der Waals surface area contributed by atoms with Gasteiger partial charge in [-0.1, -0.05) is 0 Å². The Labute approximate surface area is 134 Å². The van der Waals surface area contributed by atoms with Gasteiger partial charge in [-0.25, -0.2) is 9.97 Å². The van der Waals surface area contributed by atoms with Gasteiger partial charge in [0.05, 0.1) is 7.11 Å². The van der Waals surface area contributed by atoms with Gasteiger partial charge in [0.2, 0.25) is 5.88 Å². The number of hydrogen-bond acceptors (Lipinski definition) is 6. The van der Waals surface area contributed by atoms with Gasteiger partial charge < -0.3 is 15.0 Å². The normalized spacial score (nSPS) is 14.6. The van der Waals surface area contributed by atoms with Gasteiger partial charge in [-0.2, -0.15) is 0 Å². The number of rotatable bonds is 4. The monoisotopic (exact) mass is 316 g/mol. The molecule has 0 aliphatic carbocycles. The maximum Gasteiger partial charge on any atom is 0.263 e. The summed E-state index contributed by atoms with van der Waals surface area (Å²) in [6, 6.07) is 1.80. The van der Waals surface area contributed by atoms with Crippen LogP contribution in [-0.4, -0.2) is 45.9 Å². The van der Waals surface area contributed by atoms with Gasteiger partial charge >= 0.3 is 0 Å².